The van der Waals surface area contributed by atoms with E-state index in [0.29, 0.717) is 53.0 Å². The second kappa shape index (κ2) is 10.9. The number of carbonyl (C=O) groups excluding carboxylic acids is 2. The van der Waals surface area contributed by atoms with Gasteiger partial charge in [0.15, 0.2) is 0 Å². The Morgan fingerprint density at radius 3 is 2.29 bits per heavy atom. The van der Waals surface area contributed by atoms with Gasteiger partial charge in [-0.05, 0) is 24.6 Å². The normalized spacial score (nSPS) is 17.9. The van der Waals surface area contributed by atoms with Crippen LogP contribution in [0.15, 0.2) is 84.9 Å². The van der Waals surface area contributed by atoms with Gasteiger partial charge in [-0.25, -0.2) is 14.6 Å². The Morgan fingerprint density at radius 2 is 1.63 bits per heavy atom. The van der Waals surface area contributed by atoms with Crippen LogP contribution in [0, 0.1) is 0 Å². The van der Waals surface area contributed by atoms with Crippen LogP contribution < -0.4 is 10.4 Å². The van der Waals surface area contributed by atoms with Crippen molar-refractivity contribution in [1.82, 2.24) is 20.2 Å². The molecule has 6 rings (SSSR count). The van der Waals surface area contributed by atoms with Gasteiger partial charge in [0.2, 0.25) is 0 Å². The number of amides is 3. The van der Waals surface area contributed by atoms with Gasteiger partial charge in [0.25, 0.3) is 5.91 Å². The molecule has 2 bridgehead atoms. The molecule has 3 heterocycles. The second-order valence-electron chi connectivity index (χ2n) is 10.2. The van der Waals surface area contributed by atoms with Crippen molar-refractivity contribution in [3.05, 3.63) is 96.1 Å². The molecule has 10 nitrogen and oxygen atoms in total. The summed E-state index contributed by atoms with van der Waals surface area (Å²) in [7, 11) is 1.26. The minimum atomic E-state index is -0.904. The maximum absolute atomic E-state index is 14.2. The van der Waals surface area contributed by atoms with Crippen molar-refractivity contribution in [2.24, 2.45) is 0 Å². The minimum Gasteiger partial charge on any atom is -0.465 e. The van der Waals surface area contributed by atoms with Gasteiger partial charge in [0.1, 0.15) is 0 Å². The largest absolute Gasteiger partial charge is 0.465 e. The summed E-state index contributed by atoms with van der Waals surface area (Å²) in [5.74, 6) is -0.485. The van der Waals surface area contributed by atoms with Crippen LogP contribution in [-0.4, -0.2) is 70.3 Å². The number of fused-ring (bicyclic) bond motifs is 3. The van der Waals surface area contributed by atoms with Crippen LogP contribution in [0.2, 0.25) is 0 Å². The lowest BCUT2D eigenvalue weighted by molar-refractivity contribution is 0.0935. The number of aromatic nitrogens is 1. The fourth-order valence-corrected chi connectivity index (χ4v) is 5.92. The number of piperazine rings is 1. The van der Waals surface area contributed by atoms with Gasteiger partial charge in [-0.15, -0.1) is 0 Å². The minimum absolute atomic E-state index is 0.0398. The lowest BCUT2D eigenvalue weighted by Gasteiger charge is -2.33. The molecule has 1 aromatic heterocycles. The number of rotatable bonds is 5. The van der Waals surface area contributed by atoms with E-state index in [9.17, 15) is 19.5 Å². The van der Waals surface area contributed by atoms with Crippen LogP contribution in [0.5, 0.6) is 0 Å². The smallest absolute Gasteiger partial charge is 0.433 e. The van der Waals surface area contributed by atoms with Crippen molar-refractivity contribution in [2.75, 3.05) is 25.2 Å². The fraction of sp³-hybridized carbons (Fsp3) is 0.226. The first kappa shape index (κ1) is 26.3. The first-order valence-electron chi connectivity index (χ1n) is 13.4. The highest BCUT2D eigenvalue weighted by atomic mass is 16.5. The highest BCUT2D eigenvalue weighted by Crippen LogP contribution is 2.36. The molecule has 3 aromatic carbocycles. The zero-order valence-corrected chi connectivity index (χ0v) is 22.4. The van der Waals surface area contributed by atoms with Crippen molar-refractivity contribution in [3.63, 3.8) is 0 Å². The average Bonchev–Trinajstić information content (AvgIpc) is 3.61. The Bertz CT molecular complexity index is 1610. The predicted molar refractivity (Wildman–Crippen MR) is 153 cm³/mol. The number of methoxy groups -OCH3 is 1. The SMILES string of the molecule is COC(=O)N(NC(=O)c1c(CN2C[C@@H]3C[C@H]2CN3C(=O)O)c(-c2ccccc2)nc2ccccc12)c1ccccc1. The van der Waals surface area contributed by atoms with Gasteiger partial charge < -0.3 is 14.7 Å². The van der Waals surface area contributed by atoms with Crippen LogP contribution in [0.1, 0.15) is 22.3 Å². The van der Waals surface area contributed by atoms with E-state index in [1.807, 2.05) is 60.7 Å². The van der Waals surface area contributed by atoms with Crippen LogP contribution in [0.3, 0.4) is 0 Å². The number of hydrogen-bond donors (Lipinski definition) is 2. The maximum Gasteiger partial charge on any atom is 0.433 e. The molecule has 4 aromatic rings. The Labute approximate surface area is 236 Å². The zero-order valence-electron chi connectivity index (χ0n) is 22.4. The number of carbonyl (C=O) groups is 3. The number of para-hydroxylation sites is 2. The lowest BCUT2D eigenvalue weighted by Crippen LogP contribution is -2.48. The van der Waals surface area contributed by atoms with Gasteiger partial charge in [-0.1, -0.05) is 66.7 Å². The van der Waals surface area contributed by atoms with Crippen LogP contribution >= 0.6 is 0 Å². The summed E-state index contributed by atoms with van der Waals surface area (Å²) in [5, 5.41) is 11.3. The lowest BCUT2D eigenvalue weighted by atomic mass is 9.95. The van der Waals surface area contributed by atoms with E-state index < -0.39 is 18.1 Å². The third kappa shape index (κ3) is 4.93. The summed E-state index contributed by atoms with van der Waals surface area (Å²) in [5.41, 5.74) is 6.49. The van der Waals surface area contributed by atoms with E-state index in [1.54, 1.807) is 24.3 Å². The number of nitrogens with zero attached hydrogens (tertiary/aromatic N) is 4. The van der Waals surface area contributed by atoms with Crippen molar-refractivity contribution >= 4 is 34.7 Å². The molecule has 3 amide bonds. The number of ether oxygens (including phenoxy) is 1. The van der Waals surface area contributed by atoms with Gasteiger partial charge in [-0.3, -0.25) is 15.1 Å². The molecule has 41 heavy (non-hydrogen) atoms. The van der Waals surface area contributed by atoms with E-state index in [1.165, 1.54) is 12.0 Å². The second-order valence-corrected chi connectivity index (χ2v) is 10.2. The molecule has 0 saturated carbocycles. The molecule has 2 aliphatic rings. The molecular weight excluding hydrogens is 522 g/mol. The Morgan fingerprint density at radius 1 is 0.951 bits per heavy atom. The Hall–Kier alpha value is -4.96. The average molecular weight is 552 g/mol. The van der Waals surface area contributed by atoms with E-state index in [0.717, 1.165) is 17.0 Å². The zero-order chi connectivity index (χ0) is 28.5. The number of nitrogens with one attached hydrogen (secondary N) is 1. The van der Waals surface area contributed by atoms with E-state index >= 15 is 0 Å². The van der Waals surface area contributed by atoms with Crippen molar-refractivity contribution in [1.29, 1.82) is 0 Å². The summed E-state index contributed by atoms with van der Waals surface area (Å²) in [6, 6.07) is 25.8. The first-order valence-corrected chi connectivity index (χ1v) is 13.4. The predicted octanol–water partition coefficient (Wildman–Crippen LogP) is 4.76. The molecule has 0 spiro atoms. The number of anilines is 1. The number of carboxylic acid groups (broad SMARTS) is 1. The first-order chi connectivity index (χ1) is 19.9. The van der Waals surface area contributed by atoms with E-state index in [4.69, 9.17) is 9.72 Å². The van der Waals surface area contributed by atoms with Crippen LogP contribution in [0.25, 0.3) is 22.2 Å². The molecule has 10 heteroatoms. The quantitative estimate of drug-likeness (QED) is 0.344. The molecule has 2 saturated heterocycles. The third-order valence-corrected chi connectivity index (χ3v) is 7.81. The fourth-order valence-electron chi connectivity index (χ4n) is 5.92. The molecule has 0 aliphatic carbocycles. The van der Waals surface area contributed by atoms with E-state index in [-0.39, 0.29) is 12.1 Å². The monoisotopic (exact) mass is 551 g/mol. The third-order valence-electron chi connectivity index (χ3n) is 7.81. The molecule has 0 radical (unpaired) electrons. The molecule has 2 aliphatic heterocycles. The van der Waals surface area contributed by atoms with Crippen LogP contribution in [0.4, 0.5) is 15.3 Å². The molecule has 2 atom stereocenters. The van der Waals surface area contributed by atoms with Gasteiger partial charge in [0.05, 0.1) is 29.6 Å². The van der Waals surface area contributed by atoms with Gasteiger partial charge in [-0.2, -0.15) is 5.01 Å². The molecule has 208 valence electrons. The topological polar surface area (TPSA) is 115 Å². The molecule has 2 fully saturated rings. The molecular formula is C31H29N5O5. The Balaban J connectivity index is 1.47. The van der Waals surface area contributed by atoms with Crippen molar-refractivity contribution in [3.8, 4) is 11.3 Å². The maximum atomic E-state index is 14.2. The summed E-state index contributed by atoms with van der Waals surface area (Å²) in [4.78, 5) is 47.5. The number of hydrazine groups is 1. The van der Waals surface area contributed by atoms with Crippen molar-refractivity contribution < 1.29 is 24.2 Å². The standard InChI is InChI=1S/C31H29N5O5/c1-41-31(40)36(21-12-6-3-7-13-21)33-29(37)27-24-14-8-9-15-26(24)32-28(20-10-4-2-5-11-20)25(27)19-34-17-23-16-22(34)18-35(23)30(38)39/h2-15,22-23H,16-19H2,1H3,(H,33,37)(H,38,39)/t22-,23-/m0/s1. The summed E-state index contributed by atoms with van der Waals surface area (Å²) < 4.78 is 4.98. The van der Waals surface area contributed by atoms with Gasteiger partial charge in [0, 0.05) is 48.2 Å². The molecule has 2 N–H and O–H groups in total. The summed E-state index contributed by atoms with van der Waals surface area (Å²) >= 11 is 0. The number of benzene rings is 3. The summed E-state index contributed by atoms with van der Waals surface area (Å²) in [6.07, 6.45) is -0.892. The van der Waals surface area contributed by atoms with Crippen molar-refractivity contribution in [2.45, 2.75) is 25.0 Å². The number of pyridine rings is 1. The Kier molecular flexibility index (Phi) is 6.98. The summed E-state index contributed by atoms with van der Waals surface area (Å²) in [6.45, 7) is 1.38. The number of hydrogen-bond acceptors (Lipinski definition) is 6. The number of likely N-dealkylation sites (tertiary alicyclic amines) is 2. The van der Waals surface area contributed by atoms with Gasteiger partial charge >= 0.3 is 12.2 Å². The van der Waals surface area contributed by atoms with E-state index in [2.05, 4.69) is 10.3 Å². The van der Waals surface area contributed by atoms with Crippen LogP contribution in [-0.2, 0) is 11.3 Å². The highest BCUT2D eigenvalue weighted by Gasteiger charge is 2.45. The molecule has 0 unspecified atom stereocenters. The highest BCUT2D eigenvalue weighted by molar-refractivity contribution is 6.10.